The van der Waals surface area contributed by atoms with Gasteiger partial charge in [0.05, 0.1) is 11.1 Å². The molecular formula is C14H15F6N3O3. The van der Waals surface area contributed by atoms with Crippen LogP contribution in [0.2, 0.25) is 0 Å². The van der Waals surface area contributed by atoms with Crippen molar-refractivity contribution < 1.29 is 41.0 Å². The minimum Gasteiger partial charge on any atom is -0.475 e. The van der Waals surface area contributed by atoms with Crippen LogP contribution in [0.3, 0.4) is 0 Å². The Bertz CT molecular complexity index is 678. The van der Waals surface area contributed by atoms with E-state index in [0.29, 0.717) is 13.1 Å². The van der Waals surface area contributed by atoms with Crippen molar-refractivity contribution in [3.05, 3.63) is 23.5 Å². The molecule has 1 aromatic heterocycles. The molecule has 12 heteroatoms. The molecule has 0 radical (unpaired) electrons. The molecule has 0 unspecified atom stereocenters. The third kappa shape index (κ3) is 4.48. The van der Waals surface area contributed by atoms with Gasteiger partial charge in [0.15, 0.2) is 0 Å². The number of H-pyrrole nitrogens is 1. The fraction of sp³-hybridized carbons (Fsp3) is 0.571. The number of nitrogens with one attached hydrogen (secondary N) is 2. The highest BCUT2D eigenvalue weighted by atomic mass is 19.4. The molecule has 0 aromatic carbocycles. The molecule has 2 heterocycles. The number of carboxylic acids is 1. The van der Waals surface area contributed by atoms with E-state index in [-0.39, 0.29) is 17.1 Å². The van der Waals surface area contributed by atoms with Crippen LogP contribution in [-0.2, 0) is 11.0 Å². The van der Waals surface area contributed by atoms with E-state index in [2.05, 4.69) is 10.3 Å². The lowest BCUT2D eigenvalue weighted by Crippen LogP contribution is -2.55. The van der Waals surface area contributed by atoms with Crippen molar-refractivity contribution in [2.45, 2.75) is 30.7 Å². The SMILES string of the molecule is O=C(O)C(F)(F)F.O=C(c1cc(C(F)(F)F)c[nH]1)N1CCNCC12CC2. The van der Waals surface area contributed by atoms with Crippen molar-refractivity contribution in [3.8, 4) is 0 Å². The maximum atomic E-state index is 12.5. The van der Waals surface area contributed by atoms with Crippen molar-refractivity contribution in [2.75, 3.05) is 19.6 Å². The number of piperazine rings is 1. The third-order valence-electron chi connectivity index (χ3n) is 4.09. The molecule has 1 saturated heterocycles. The number of rotatable bonds is 1. The van der Waals surface area contributed by atoms with E-state index in [1.165, 1.54) is 0 Å². The summed E-state index contributed by atoms with van der Waals surface area (Å²) in [4.78, 5) is 25.3. The van der Waals surface area contributed by atoms with Gasteiger partial charge in [-0.25, -0.2) is 4.79 Å². The lowest BCUT2D eigenvalue weighted by atomic mass is 10.1. The molecule has 2 fully saturated rings. The summed E-state index contributed by atoms with van der Waals surface area (Å²) < 4.78 is 69.3. The van der Waals surface area contributed by atoms with Crippen molar-refractivity contribution in [2.24, 2.45) is 0 Å². The van der Waals surface area contributed by atoms with Crippen LogP contribution in [0.5, 0.6) is 0 Å². The number of carbonyl (C=O) groups is 2. The van der Waals surface area contributed by atoms with Crippen LogP contribution in [0, 0.1) is 0 Å². The van der Waals surface area contributed by atoms with Gasteiger partial charge < -0.3 is 20.3 Å². The van der Waals surface area contributed by atoms with Crippen LogP contribution >= 0.6 is 0 Å². The highest BCUT2D eigenvalue weighted by Gasteiger charge is 2.51. The summed E-state index contributed by atoms with van der Waals surface area (Å²) in [5, 5.41) is 10.3. The zero-order chi connectivity index (χ0) is 19.8. The summed E-state index contributed by atoms with van der Waals surface area (Å²) in [5.41, 5.74) is -0.963. The highest BCUT2D eigenvalue weighted by Crippen LogP contribution is 2.43. The van der Waals surface area contributed by atoms with Crippen LogP contribution in [0.15, 0.2) is 12.3 Å². The second-order valence-corrected chi connectivity index (χ2v) is 5.96. The van der Waals surface area contributed by atoms with E-state index in [1.807, 2.05) is 0 Å². The van der Waals surface area contributed by atoms with Gasteiger partial charge in [-0.15, -0.1) is 0 Å². The van der Waals surface area contributed by atoms with Gasteiger partial charge in [0, 0.05) is 25.8 Å². The number of nitrogens with zero attached hydrogens (tertiary/aromatic N) is 1. The summed E-state index contributed by atoms with van der Waals surface area (Å²) in [5.74, 6) is -3.10. The highest BCUT2D eigenvalue weighted by molar-refractivity contribution is 5.93. The Balaban J connectivity index is 0.000000298. The molecule has 0 atom stereocenters. The van der Waals surface area contributed by atoms with E-state index in [9.17, 15) is 31.1 Å². The molecule has 3 N–H and O–H groups in total. The monoisotopic (exact) mass is 387 g/mol. The standard InChI is InChI=1S/C12H14F3N3O.C2HF3O2/c13-12(14,15)8-5-9(17-6-8)10(19)18-4-3-16-7-11(18)1-2-11;3-2(4,5)1(6)7/h5-6,16-17H,1-4,7H2;(H,6,7). The molecule has 6 nitrogen and oxygen atoms in total. The van der Waals surface area contributed by atoms with Crippen molar-refractivity contribution >= 4 is 11.9 Å². The van der Waals surface area contributed by atoms with Gasteiger partial charge in [-0.2, -0.15) is 26.3 Å². The Labute approximate surface area is 143 Å². The fourth-order valence-electron chi connectivity index (χ4n) is 2.58. The van der Waals surface area contributed by atoms with Crippen LogP contribution in [0.4, 0.5) is 26.3 Å². The summed E-state index contributed by atoms with van der Waals surface area (Å²) in [6.07, 6.45) is -6.83. The molecule has 1 amide bonds. The number of aliphatic carboxylic acids is 1. The number of aromatic nitrogens is 1. The molecule has 1 aliphatic heterocycles. The van der Waals surface area contributed by atoms with E-state index in [4.69, 9.17) is 9.90 Å². The zero-order valence-electron chi connectivity index (χ0n) is 13.2. The smallest absolute Gasteiger partial charge is 0.475 e. The molecule has 26 heavy (non-hydrogen) atoms. The van der Waals surface area contributed by atoms with E-state index in [0.717, 1.165) is 31.6 Å². The Morgan fingerprint density at radius 1 is 1.15 bits per heavy atom. The average Bonchev–Trinajstić information content (AvgIpc) is 3.10. The first kappa shape index (κ1) is 20.1. The van der Waals surface area contributed by atoms with Gasteiger partial charge in [-0.05, 0) is 18.9 Å². The number of carboxylic acid groups (broad SMARTS) is 1. The Kier molecular flexibility index (Phi) is 5.26. The number of alkyl halides is 6. The van der Waals surface area contributed by atoms with Gasteiger partial charge in [0.25, 0.3) is 5.91 Å². The molecule has 3 rings (SSSR count). The predicted octanol–water partition coefficient (Wildman–Crippen LogP) is 2.24. The minimum absolute atomic E-state index is 0.0144. The fourth-order valence-corrected chi connectivity index (χ4v) is 2.58. The summed E-state index contributed by atoms with van der Waals surface area (Å²) in [6.45, 7) is 1.95. The third-order valence-corrected chi connectivity index (χ3v) is 4.09. The van der Waals surface area contributed by atoms with Crippen LogP contribution in [0.25, 0.3) is 0 Å². The van der Waals surface area contributed by atoms with Gasteiger partial charge in [-0.1, -0.05) is 0 Å². The van der Waals surface area contributed by atoms with Crippen molar-refractivity contribution in [1.29, 1.82) is 0 Å². The normalized spacial score (nSPS) is 18.9. The molecule has 1 saturated carbocycles. The van der Waals surface area contributed by atoms with E-state index in [1.54, 1.807) is 4.90 Å². The average molecular weight is 387 g/mol. The number of carbonyl (C=O) groups excluding carboxylic acids is 1. The first-order valence-electron chi connectivity index (χ1n) is 7.45. The van der Waals surface area contributed by atoms with E-state index < -0.39 is 23.9 Å². The zero-order valence-corrected chi connectivity index (χ0v) is 13.2. The minimum atomic E-state index is -5.08. The largest absolute Gasteiger partial charge is 0.490 e. The first-order valence-corrected chi connectivity index (χ1v) is 7.45. The lowest BCUT2D eigenvalue weighted by Gasteiger charge is -2.36. The van der Waals surface area contributed by atoms with Gasteiger partial charge in [0.2, 0.25) is 0 Å². The summed E-state index contributed by atoms with van der Waals surface area (Å²) in [6, 6.07) is 0.889. The van der Waals surface area contributed by atoms with Crippen molar-refractivity contribution in [1.82, 2.24) is 15.2 Å². The van der Waals surface area contributed by atoms with Crippen LogP contribution in [-0.4, -0.2) is 58.2 Å². The van der Waals surface area contributed by atoms with Gasteiger partial charge in [0.1, 0.15) is 5.69 Å². The van der Waals surface area contributed by atoms with Crippen molar-refractivity contribution in [3.63, 3.8) is 0 Å². The summed E-state index contributed by atoms with van der Waals surface area (Å²) >= 11 is 0. The Morgan fingerprint density at radius 2 is 1.73 bits per heavy atom. The molecule has 1 aromatic rings. The number of hydrogen-bond acceptors (Lipinski definition) is 3. The van der Waals surface area contributed by atoms with Crippen LogP contribution in [0.1, 0.15) is 28.9 Å². The number of halogens is 6. The maximum absolute atomic E-state index is 12.5. The number of aromatic amines is 1. The predicted molar refractivity (Wildman–Crippen MR) is 75.4 cm³/mol. The molecule has 146 valence electrons. The van der Waals surface area contributed by atoms with Gasteiger partial charge in [-0.3, -0.25) is 4.79 Å². The second kappa shape index (κ2) is 6.82. The van der Waals surface area contributed by atoms with E-state index >= 15 is 0 Å². The molecule has 1 spiro atoms. The maximum Gasteiger partial charge on any atom is 0.490 e. The molecule has 0 bridgehead atoms. The summed E-state index contributed by atoms with van der Waals surface area (Å²) in [7, 11) is 0. The van der Waals surface area contributed by atoms with Crippen LogP contribution < -0.4 is 5.32 Å². The molecular weight excluding hydrogens is 372 g/mol. The topological polar surface area (TPSA) is 85.4 Å². The lowest BCUT2D eigenvalue weighted by molar-refractivity contribution is -0.192. The Hall–Kier alpha value is -2.24. The molecule has 1 aliphatic carbocycles. The van der Waals surface area contributed by atoms with Gasteiger partial charge >= 0.3 is 18.3 Å². The second-order valence-electron chi connectivity index (χ2n) is 5.96. The Morgan fingerprint density at radius 3 is 2.15 bits per heavy atom. The quantitative estimate of drug-likeness (QED) is 0.646. The number of hydrogen-bond donors (Lipinski definition) is 3. The first-order chi connectivity index (χ1) is 11.9. The number of amides is 1. The molecule has 2 aliphatic rings.